The number of carbonyl (C=O) groups excluding carboxylic acids is 1. The lowest BCUT2D eigenvalue weighted by Crippen LogP contribution is -3.00. The third-order valence-corrected chi connectivity index (χ3v) is 4.89. The van der Waals surface area contributed by atoms with Gasteiger partial charge in [0.15, 0.2) is 5.69 Å². The molecule has 0 aliphatic heterocycles. The molecule has 0 fully saturated rings. The lowest BCUT2D eigenvalue weighted by molar-refractivity contribution is -0.684. The second kappa shape index (κ2) is 7.83. The van der Waals surface area contributed by atoms with Crippen LogP contribution in [0, 0.1) is 6.92 Å². The van der Waals surface area contributed by atoms with E-state index in [1.54, 1.807) is 13.0 Å². The minimum absolute atomic E-state index is 0. The van der Waals surface area contributed by atoms with Crippen molar-refractivity contribution in [3.63, 3.8) is 0 Å². The Morgan fingerprint density at radius 3 is 2.71 bits per heavy atom. The summed E-state index contributed by atoms with van der Waals surface area (Å²) in [4.78, 5) is 13.2. The van der Waals surface area contributed by atoms with Crippen molar-refractivity contribution in [3.05, 3.63) is 58.2 Å². The molecule has 5 nitrogen and oxygen atoms in total. The van der Waals surface area contributed by atoms with Crippen molar-refractivity contribution in [1.29, 1.82) is 0 Å². The summed E-state index contributed by atoms with van der Waals surface area (Å²) < 4.78 is 7.01. The predicted octanol–water partition coefficient (Wildman–Crippen LogP) is -0.0608. The van der Waals surface area contributed by atoms with Crippen LogP contribution in [0.2, 0.25) is 0 Å². The number of halogens is 1. The van der Waals surface area contributed by atoms with Crippen LogP contribution in [0.5, 0.6) is 0 Å². The van der Waals surface area contributed by atoms with E-state index in [-0.39, 0.29) is 35.1 Å². The number of benzene rings is 1. The van der Waals surface area contributed by atoms with Gasteiger partial charge in [0.25, 0.3) is 5.78 Å². The van der Waals surface area contributed by atoms with Crippen LogP contribution in [0.25, 0.3) is 11.3 Å². The van der Waals surface area contributed by atoms with Gasteiger partial charge in [-0.2, -0.15) is 4.57 Å². The molecule has 1 unspecified atom stereocenters. The average Bonchev–Trinajstić information content (AvgIpc) is 3.16. The molecule has 1 aromatic carbocycles. The van der Waals surface area contributed by atoms with E-state index in [0.29, 0.717) is 5.69 Å². The highest BCUT2D eigenvalue weighted by atomic mass is 79.9. The zero-order valence-corrected chi connectivity index (χ0v) is 15.7. The summed E-state index contributed by atoms with van der Waals surface area (Å²) in [5.74, 6) is 0.0864. The lowest BCUT2D eigenvalue weighted by atomic mass is 10.1. The second-order valence-corrected chi connectivity index (χ2v) is 6.23. The summed E-state index contributed by atoms with van der Waals surface area (Å²) in [7, 11) is 0. The number of nitrogens with zero attached hydrogens (tertiary/aromatic N) is 2. The Hall–Kier alpha value is -1.83. The second-order valence-electron chi connectivity index (χ2n) is 5.34. The molecule has 7 heteroatoms. The summed E-state index contributed by atoms with van der Waals surface area (Å²) >= 11 is 1.44. The SMILES string of the molecule is Cc1c(C(C)O)sc[n+]1CC(=O)c1cc(-c2ccccc2)no1.[Br-]. The Balaban J connectivity index is 0.00000208. The van der Waals surface area contributed by atoms with Crippen LogP contribution in [-0.4, -0.2) is 16.0 Å². The summed E-state index contributed by atoms with van der Waals surface area (Å²) in [5, 5.41) is 13.6. The Kier molecular flexibility index (Phi) is 6.04. The number of aliphatic hydroxyl groups excluding tert-OH is 1. The molecule has 0 aliphatic rings. The van der Waals surface area contributed by atoms with Crippen molar-refractivity contribution in [2.45, 2.75) is 26.5 Å². The van der Waals surface area contributed by atoms with Gasteiger partial charge in [-0.25, -0.2) is 0 Å². The van der Waals surface area contributed by atoms with Crippen molar-refractivity contribution >= 4 is 17.1 Å². The maximum Gasteiger partial charge on any atom is 0.265 e. The van der Waals surface area contributed by atoms with E-state index >= 15 is 0 Å². The van der Waals surface area contributed by atoms with Crippen molar-refractivity contribution in [2.75, 3.05) is 0 Å². The number of Topliss-reactive ketones (excluding diaryl/α,β-unsaturated/α-hetero) is 1. The van der Waals surface area contributed by atoms with E-state index in [9.17, 15) is 9.90 Å². The van der Waals surface area contributed by atoms with Crippen LogP contribution in [0.1, 0.15) is 34.2 Å². The number of carbonyl (C=O) groups is 1. The molecule has 1 atom stereocenters. The smallest absolute Gasteiger partial charge is 0.265 e. The zero-order valence-electron chi connectivity index (χ0n) is 13.3. The Bertz CT molecular complexity index is 827. The first-order valence-electron chi connectivity index (χ1n) is 7.27. The molecule has 0 amide bonds. The number of aliphatic hydroxyl groups is 1. The van der Waals surface area contributed by atoms with Crippen LogP contribution in [0.4, 0.5) is 0 Å². The van der Waals surface area contributed by atoms with Crippen LogP contribution in [-0.2, 0) is 6.54 Å². The monoisotopic (exact) mass is 408 g/mol. The Morgan fingerprint density at radius 1 is 1.38 bits per heavy atom. The van der Waals surface area contributed by atoms with Crippen LogP contribution >= 0.6 is 11.3 Å². The first-order chi connectivity index (χ1) is 11.1. The van der Waals surface area contributed by atoms with Gasteiger partial charge in [0.1, 0.15) is 10.6 Å². The fraction of sp³-hybridized carbons (Fsp3) is 0.235. The molecule has 0 radical (unpaired) electrons. The number of hydrogen-bond donors (Lipinski definition) is 1. The molecule has 0 saturated carbocycles. The maximum absolute atomic E-state index is 12.4. The molecular weight excluding hydrogens is 392 g/mol. The van der Waals surface area contributed by atoms with Crippen LogP contribution < -0.4 is 21.5 Å². The molecule has 2 heterocycles. The average molecular weight is 409 g/mol. The van der Waals surface area contributed by atoms with E-state index in [4.69, 9.17) is 4.52 Å². The fourth-order valence-corrected chi connectivity index (χ4v) is 3.33. The van der Waals surface area contributed by atoms with Gasteiger partial charge in [0.05, 0.1) is 6.10 Å². The van der Waals surface area contributed by atoms with Gasteiger partial charge in [0, 0.05) is 18.6 Å². The quantitative estimate of drug-likeness (QED) is 0.474. The topological polar surface area (TPSA) is 67.2 Å². The number of aromatic nitrogens is 2. The minimum atomic E-state index is -0.536. The molecule has 2 aromatic heterocycles. The summed E-state index contributed by atoms with van der Waals surface area (Å²) in [6, 6.07) is 11.2. The zero-order chi connectivity index (χ0) is 16.4. The van der Waals surface area contributed by atoms with Crippen molar-refractivity contribution in [1.82, 2.24) is 5.16 Å². The Labute approximate surface area is 154 Å². The molecule has 3 rings (SSSR count). The van der Waals surface area contributed by atoms with Gasteiger partial charge in [-0.3, -0.25) is 4.79 Å². The van der Waals surface area contributed by atoms with Gasteiger partial charge in [-0.05, 0) is 6.92 Å². The largest absolute Gasteiger partial charge is 1.00 e. The summed E-state index contributed by atoms with van der Waals surface area (Å²) in [6.45, 7) is 3.77. The third-order valence-electron chi connectivity index (χ3n) is 3.64. The predicted molar refractivity (Wildman–Crippen MR) is 86.2 cm³/mol. The molecule has 0 saturated heterocycles. The first-order valence-corrected chi connectivity index (χ1v) is 8.15. The van der Waals surface area contributed by atoms with Gasteiger partial charge < -0.3 is 26.6 Å². The molecule has 0 aliphatic carbocycles. The molecular formula is C17H17BrN2O3S. The highest BCUT2D eigenvalue weighted by molar-refractivity contribution is 7.09. The third kappa shape index (κ3) is 3.80. The van der Waals surface area contributed by atoms with Crippen molar-refractivity contribution < 1.29 is 36.0 Å². The fourth-order valence-electron chi connectivity index (χ4n) is 2.37. The molecule has 126 valence electrons. The maximum atomic E-state index is 12.4. The van der Waals surface area contributed by atoms with Gasteiger partial charge in [0.2, 0.25) is 17.8 Å². The molecule has 24 heavy (non-hydrogen) atoms. The first kappa shape index (κ1) is 18.5. The number of ketones is 1. The summed E-state index contributed by atoms with van der Waals surface area (Å²) in [6.07, 6.45) is -0.536. The van der Waals surface area contributed by atoms with Crippen LogP contribution in [0.15, 0.2) is 46.4 Å². The van der Waals surface area contributed by atoms with E-state index in [0.717, 1.165) is 16.1 Å². The molecule has 3 aromatic rings. The number of hydrogen-bond acceptors (Lipinski definition) is 5. The number of rotatable bonds is 5. The van der Waals surface area contributed by atoms with E-state index in [1.807, 2.05) is 47.3 Å². The Morgan fingerprint density at radius 2 is 2.08 bits per heavy atom. The van der Waals surface area contributed by atoms with E-state index in [1.165, 1.54) is 11.3 Å². The van der Waals surface area contributed by atoms with Crippen molar-refractivity contribution in [2.24, 2.45) is 0 Å². The van der Waals surface area contributed by atoms with E-state index in [2.05, 4.69) is 5.16 Å². The number of thiazole rings is 1. The molecule has 0 bridgehead atoms. The van der Waals surface area contributed by atoms with Gasteiger partial charge in [-0.1, -0.05) is 46.8 Å². The van der Waals surface area contributed by atoms with E-state index < -0.39 is 6.10 Å². The highest BCUT2D eigenvalue weighted by Gasteiger charge is 2.24. The summed E-state index contributed by atoms with van der Waals surface area (Å²) in [5.41, 5.74) is 4.28. The van der Waals surface area contributed by atoms with Gasteiger partial charge >= 0.3 is 0 Å². The molecule has 1 N–H and O–H groups in total. The standard InChI is InChI=1S/C17H17N2O3S.BrH/c1-11-17(12(2)20)23-10-19(11)9-15(21)16-8-14(18-22-16)13-6-4-3-5-7-13;/h3-8,10,12,20H,9H2,1-2H3;1H/q+1;/p-1. The van der Waals surface area contributed by atoms with Crippen molar-refractivity contribution in [3.8, 4) is 11.3 Å². The van der Waals surface area contributed by atoms with Crippen LogP contribution in [0.3, 0.4) is 0 Å². The normalized spacial score (nSPS) is 11.8. The lowest BCUT2D eigenvalue weighted by Gasteiger charge is -1.98. The molecule has 0 spiro atoms. The highest BCUT2D eigenvalue weighted by Crippen LogP contribution is 2.21. The minimum Gasteiger partial charge on any atom is -1.00 e. The van der Waals surface area contributed by atoms with Gasteiger partial charge in [-0.15, -0.1) is 0 Å².